The molecule has 2 aromatic rings. The third kappa shape index (κ3) is 4.84. The molecule has 3 heteroatoms. The molecule has 114 valence electrons. The van der Waals surface area contributed by atoms with Crippen LogP contribution in [-0.2, 0) is 6.42 Å². The monoisotopic (exact) mass is 321 g/mol. The highest BCUT2D eigenvalue weighted by Gasteiger charge is 2.20. The topological polar surface area (TPSA) is 3.24 Å². The van der Waals surface area contributed by atoms with Crippen molar-refractivity contribution in [2.75, 3.05) is 19.6 Å². The van der Waals surface area contributed by atoms with Crippen LogP contribution in [0, 0.1) is 0 Å². The number of halogens is 1. The number of benzene rings is 1. The Morgan fingerprint density at radius 2 is 1.95 bits per heavy atom. The Morgan fingerprint density at radius 1 is 1.10 bits per heavy atom. The number of rotatable bonds is 5. The van der Waals surface area contributed by atoms with Gasteiger partial charge < -0.3 is 4.90 Å². The fraction of sp³-hybridized carbons (Fsp3) is 0.444. The van der Waals surface area contributed by atoms with E-state index in [-0.39, 0.29) is 12.4 Å². The highest BCUT2D eigenvalue weighted by molar-refractivity contribution is 7.09. The lowest BCUT2D eigenvalue weighted by Crippen LogP contribution is -2.35. The van der Waals surface area contributed by atoms with Crippen LogP contribution in [0.5, 0.6) is 0 Å². The van der Waals surface area contributed by atoms with Crippen molar-refractivity contribution in [3.63, 3.8) is 0 Å². The highest BCUT2D eigenvalue weighted by atomic mass is 35.5. The Bertz CT molecular complexity index is 497. The van der Waals surface area contributed by atoms with E-state index in [0.717, 1.165) is 5.92 Å². The lowest BCUT2D eigenvalue weighted by molar-refractivity contribution is 0.206. The SMILES string of the molecule is Cl.c1ccc(C2CCCN(CCCc3cccs3)C2)cc1. The van der Waals surface area contributed by atoms with Gasteiger partial charge in [0.15, 0.2) is 0 Å². The first-order valence-corrected chi connectivity index (χ1v) is 8.59. The third-order valence-electron chi connectivity index (χ3n) is 4.25. The first-order chi connectivity index (χ1) is 9.92. The average Bonchev–Trinajstić information content (AvgIpc) is 3.02. The van der Waals surface area contributed by atoms with Crippen molar-refractivity contribution in [2.24, 2.45) is 0 Å². The molecular formula is C18H24ClNS. The third-order valence-corrected chi connectivity index (χ3v) is 5.19. The number of thiophene rings is 1. The second-order valence-electron chi connectivity index (χ2n) is 5.73. The lowest BCUT2D eigenvalue weighted by Gasteiger charge is -2.33. The molecule has 0 bridgehead atoms. The number of nitrogens with zero attached hydrogens (tertiary/aromatic N) is 1. The summed E-state index contributed by atoms with van der Waals surface area (Å²) in [6, 6.07) is 15.5. The van der Waals surface area contributed by atoms with Gasteiger partial charge in [-0.15, -0.1) is 23.7 Å². The minimum absolute atomic E-state index is 0. The van der Waals surface area contributed by atoms with Crippen LogP contribution < -0.4 is 0 Å². The minimum atomic E-state index is 0. The van der Waals surface area contributed by atoms with Gasteiger partial charge in [-0.25, -0.2) is 0 Å². The molecule has 1 aromatic carbocycles. The Morgan fingerprint density at radius 3 is 2.71 bits per heavy atom. The van der Waals surface area contributed by atoms with E-state index in [0.29, 0.717) is 0 Å². The minimum Gasteiger partial charge on any atom is -0.303 e. The number of hydrogen-bond acceptors (Lipinski definition) is 2. The summed E-state index contributed by atoms with van der Waals surface area (Å²) in [6.07, 6.45) is 5.23. The van der Waals surface area contributed by atoms with Crippen molar-refractivity contribution in [3.05, 3.63) is 58.3 Å². The Hall–Kier alpha value is -0.830. The molecule has 21 heavy (non-hydrogen) atoms. The van der Waals surface area contributed by atoms with Crippen LogP contribution in [0.3, 0.4) is 0 Å². The summed E-state index contributed by atoms with van der Waals surface area (Å²) in [6.45, 7) is 3.78. The predicted molar refractivity (Wildman–Crippen MR) is 94.7 cm³/mol. The molecule has 0 N–H and O–H groups in total. The van der Waals surface area contributed by atoms with E-state index >= 15 is 0 Å². The van der Waals surface area contributed by atoms with Crippen molar-refractivity contribution in [2.45, 2.75) is 31.6 Å². The zero-order valence-electron chi connectivity index (χ0n) is 12.4. The van der Waals surface area contributed by atoms with Crippen molar-refractivity contribution in [1.82, 2.24) is 4.90 Å². The van der Waals surface area contributed by atoms with E-state index in [1.807, 2.05) is 11.3 Å². The van der Waals surface area contributed by atoms with Crippen LogP contribution in [0.4, 0.5) is 0 Å². The van der Waals surface area contributed by atoms with Crippen LogP contribution in [0.25, 0.3) is 0 Å². The lowest BCUT2D eigenvalue weighted by atomic mass is 9.90. The number of aryl methyl sites for hydroxylation is 1. The second-order valence-corrected chi connectivity index (χ2v) is 6.77. The molecule has 1 aromatic heterocycles. The normalized spacial score (nSPS) is 19.1. The highest BCUT2D eigenvalue weighted by Crippen LogP contribution is 2.26. The van der Waals surface area contributed by atoms with Crippen LogP contribution in [-0.4, -0.2) is 24.5 Å². The van der Waals surface area contributed by atoms with Crippen molar-refractivity contribution in [1.29, 1.82) is 0 Å². The number of piperidine rings is 1. The Kier molecular flexibility index (Phi) is 6.75. The average molecular weight is 322 g/mol. The van der Waals surface area contributed by atoms with Gasteiger partial charge in [0.1, 0.15) is 0 Å². The van der Waals surface area contributed by atoms with Crippen LogP contribution in [0.1, 0.15) is 35.6 Å². The molecular weight excluding hydrogens is 298 g/mol. The van der Waals surface area contributed by atoms with Gasteiger partial charge in [-0.1, -0.05) is 36.4 Å². The van der Waals surface area contributed by atoms with E-state index in [2.05, 4.69) is 52.7 Å². The summed E-state index contributed by atoms with van der Waals surface area (Å²) < 4.78 is 0. The van der Waals surface area contributed by atoms with Crippen LogP contribution in [0.2, 0.25) is 0 Å². The molecule has 0 amide bonds. The molecule has 0 aliphatic carbocycles. The fourth-order valence-electron chi connectivity index (χ4n) is 3.19. The van der Waals surface area contributed by atoms with Gasteiger partial charge in [-0.3, -0.25) is 0 Å². The first-order valence-electron chi connectivity index (χ1n) is 7.71. The molecule has 2 heterocycles. The van der Waals surface area contributed by atoms with E-state index in [4.69, 9.17) is 0 Å². The maximum atomic E-state index is 2.66. The summed E-state index contributed by atoms with van der Waals surface area (Å²) in [5, 5.41) is 2.18. The molecule has 1 aliphatic rings. The molecule has 1 nitrogen and oxygen atoms in total. The van der Waals surface area contributed by atoms with Crippen LogP contribution >= 0.6 is 23.7 Å². The largest absolute Gasteiger partial charge is 0.303 e. The molecule has 0 spiro atoms. The first kappa shape index (κ1) is 16.5. The van der Waals surface area contributed by atoms with Gasteiger partial charge >= 0.3 is 0 Å². The van der Waals surface area contributed by atoms with E-state index < -0.39 is 0 Å². The maximum Gasteiger partial charge on any atom is 0.00503 e. The van der Waals surface area contributed by atoms with Crippen molar-refractivity contribution in [3.8, 4) is 0 Å². The predicted octanol–water partition coefficient (Wildman–Crippen LogP) is 4.98. The van der Waals surface area contributed by atoms with Gasteiger partial charge in [-0.2, -0.15) is 0 Å². The Balaban J connectivity index is 0.00000161. The molecule has 1 saturated heterocycles. The number of hydrogen-bond donors (Lipinski definition) is 0. The van der Waals surface area contributed by atoms with Crippen molar-refractivity contribution < 1.29 is 0 Å². The van der Waals surface area contributed by atoms with Gasteiger partial charge in [0.05, 0.1) is 0 Å². The van der Waals surface area contributed by atoms with Gasteiger partial charge in [-0.05, 0) is 61.7 Å². The molecule has 0 radical (unpaired) electrons. The van der Waals surface area contributed by atoms with E-state index in [9.17, 15) is 0 Å². The smallest absolute Gasteiger partial charge is 0.00503 e. The van der Waals surface area contributed by atoms with Gasteiger partial charge in [0.25, 0.3) is 0 Å². The zero-order chi connectivity index (χ0) is 13.6. The fourth-order valence-corrected chi connectivity index (χ4v) is 3.94. The molecule has 1 unspecified atom stereocenters. The molecule has 1 aliphatic heterocycles. The van der Waals surface area contributed by atoms with Crippen LogP contribution in [0.15, 0.2) is 47.8 Å². The standard InChI is InChI=1S/C18H23NS.ClH/c1-2-7-16(8-3-1)17-9-4-12-19(15-17)13-5-10-18-11-6-14-20-18;/h1-3,6-8,11,14,17H,4-5,9-10,12-13,15H2;1H. The molecule has 3 rings (SSSR count). The second kappa shape index (κ2) is 8.57. The Labute approximate surface area is 138 Å². The van der Waals surface area contributed by atoms with E-state index in [1.54, 1.807) is 0 Å². The van der Waals surface area contributed by atoms with Crippen molar-refractivity contribution >= 4 is 23.7 Å². The van der Waals surface area contributed by atoms with Gasteiger partial charge in [0, 0.05) is 11.4 Å². The summed E-state index contributed by atoms with van der Waals surface area (Å²) in [5.74, 6) is 0.742. The zero-order valence-corrected chi connectivity index (χ0v) is 14.0. The van der Waals surface area contributed by atoms with E-state index in [1.165, 1.54) is 55.8 Å². The number of likely N-dealkylation sites (tertiary alicyclic amines) is 1. The summed E-state index contributed by atoms with van der Waals surface area (Å²) in [7, 11) is 0. The summed E-state index contributed by atoms with van der Waals surface area (Å²) in [4.78, 5) is 4.19. The van der Waals surface area contributed by atoms with Gasteiger partial charge in [0.2, 0.25) is 0 Å². The maximum absolute atomic E-state index is 2.66. The molecule has 1 fully saturated rings. The summed E-state index contributed by atoms with van der Waals surface area (Å²) in [5.41, 5.74) is 1.52. The quantitative estimate of drug-likeness (QED) is 0.750. The molecule has 0 saturated carbocycles. The molecule has 1 atom stereocenters. The summed E-state index contributed by atoms with van der Waals surface area (Å²) >= 11 is 1.89.